The summed E-state index contributed by atoms with van der Waals surface area (Å²) in [5.41, 5.74) is 8.14. The molecule has 2 N–H and O–H groups in total. The van der Waals surface area contributed by atoms with Gasteiger partial charge >= 0.3 is 0 Å². The van der Waals surface area contributed by atoms with Gasteiger partial charge in [0.15, 0.2) is 11.6 Å². The van der Waals surface area contributed by atoms with Gasteiger partial charge in [-0.3, -0.25) is 0 Å². The molecule has 0 bridgehead atoms. The molecule has 0 spiro atoms. The van der Waals surface area contributed by atoms with Crippen LogP contribution in [0.25, 0.3) is 11.4 Å². The van der Waals surface area contributed by atoms with Crippen LogP contribution in [-0.4, -0.2) is 16.7 Å². The molecule has 2 aromatic rings. The van der Waals surface area contributed by atoms with Crippen molar-refractivity contribution in [1.29, 1.82) is 0 Å². The molecule has 0 saturated heterocycles. The number of hydrogen-bond donors (Lipinski definition) is 1. The summed E-state index contributed by atoms with van der Waals surface area (Å²) < 4.78 is 20.5. The van der Waals surface area contributed by atoms with Crippen molar-refractivity contribution in [2.45, 2.75) is 13.5 Å². The Morgan fingerprint density at radius 1 is 1.44 bits per heavy atom. The van der Waals surface area contributed by atoms with Gasteiger partial charge in [0.05, 0.1) is 12.8 Å². The molecule has 1 aromatic heterocycles. The van der Waals surface area contributed by atoms with E-state index in [-0.39, 0.29) is 5.75 Å². The maximum Gasteiger partial charge on any atom is 0.165 e. The molecule has 18 heavy (non-hydrogen) atoms. The number of aromatic nitrogens is 2. The van der Waals surface area contributed by atoms with Crippen molar-refractivity contribution in [3.8, 4) is 17.1 Å². The van der Waals surface area contributed by atoms with Crippen molar-refractivity contribution in [3.05, 3.63) is 35.4 Å². The zero-order chi connectivity index (χ0) is 13.3. The third-order valence-corrected chi connectivity index (χ3v) is 3.08. The Kier molecular flexibility index (Phi) is 3.34. The second-order valence-corrected chi connectivity index (χ2v) is 4.08. The Balaban J connectivity index is 2.52. The highest BCUT2D eigenvalue weighted by Gasteiger charge is 2.13. The van der Waals surface area contributed by atoms with Crippen LogP contribution >= 0.6 is 0 Å². The van der Waals surface area contributed by atoms with Crippen molar-refractivity contribution >= 4 is 0 Å². The quantitative estimate of drug-likeness (QED) is 0.905. The average molecular weight is 249 g/mol. The molecule has 0 aliphatic carbocycles. The van der Waals surface area contributed by atoms with Gasteiger partial charge in [0, 0.05) is 24.8 Å². The minimum absolute atomic E-state index is 0.226. The van der Waals surface area contributed by atoms with Crippen molar-refractivity contribution in [3.63, 3.8) is 0 Å². The van der Waals surface area contributed by atoms with E-state index in [4.69, 9.17) is 10.5 Å². The fourth-order valence-corrected chi connectivity index (χ4v) is 1.89. The second kappa shape index (κ2) is 4.78. The van der Waals surface area contributed by atoms with Crippen molar-refractivity contribution < 1.29 is 9.13 Å². The first-order valence-electron chi connectivity index (χ1n) is 5.64. The van der Waals surface area contributed by atoms with Gasteiger partial charge in [-0.1, -0.05) is 0 Å². The maximum atomic E-state index is 13.7. The minimum Gasteiger partial charge on any atom is -0.494 e. The molecule has 96 valence electrons. The molecule has 5 heteroatoms. The summed E-state index contributed by atoms with van der Waals surface area (Å²) in [4.78, 5) is 4.43. The van der Waals surface area contributed by atoms with Gasteiger partial charge < -0.3 is 15.0 Å². The summed E-state index contributed by atoms with van der Waals surface area (Å²) in [5, 5.41) is 0. The highest BCUT2D eigenvalue weighted by atomic mass is 19.1. The fourth-order valence-electron chi connectivity index (χ4n) is 1.89. The van der Waals surface area contributed by atoms with Crippen molar-refractivity contribution in [1.82, 2.24) is 9.55 Å². The minimum atomic E-state index is -0.398. The predicted molar refractivity (Wildman–Crippen MR) is 67.8 cm³/mol. The van der Waals surface area contributed by atoms with Crippen LogP contribution in [0.15, 0.2) is 18.2 Å². The number of nitrogens with two attached hydrogens (primary N) is 1. The zero-order valence-electron chi connectivity index (χ0n) is 10.7. The first-order valence-corrected chi connectivity index (χ1v) is 5.64. The molecular weight excluding hydrogens is 233 g/mol. The van der Waals surface area contributed by atoms with E-state index < -0.39 is 5.82 Å². The Labute approximate surface area is 105 Å². The number of ether oxygens (including phenoxy) is 1. The number of rotatable bonds is 3. The monoisotopic (exact) mass is 249 g/mol. The normalized spacial score (nSPS) is 10.7. The lowest BCUT2D eigenvalue weighted by Gasteiger charge is -2.06. The molecule has 0 unspecified atom stereocenters. The van der Waals surface area contributed by atoms with E-state index in [9.17, 15) is 4.39 Å². The molecule has 0 atom stereocenters. The van der Waals surface area contributed by atoms with Gasteiger partial charge in [-0.25, -0.2) is 9.37 Å². The van der Waals surface area contributed by atoms with E-state index in [1.165, 1.54) is 13.2 Å². The molecule has 0 aliphatic rings. The molecule has 0 saturated carbocycles. The molecule has 1 aromatic carbocycles. The average Bonchev–Trinajstić information content (AvgIpc) is 2.66. The Morgan fingerprint density at radius 3 is 2.67 bits per heavy atom. The lowest BCUT2D eigenvalue weighted by molar-refractivity contribution is 0.386. The topological polar surface area (TPSA) is 53.1 Å². The first-order chi connectivity index (χ1) is 8.58. The van der Waals surface area contributed by atoms with E-state index in [0.717, 1.165) is 11.4 Å². The van der Waals surface area contributed by atoms with Gasteiger partial charge in [-0.05, 0) is 25.1 Å². The van der Waals surface area contributed by atoms with Crippen LogP contribution in [-0.2, 0) is 13.6 Å². The number of nitrogens with zero attached hydrogens (tertiary/aromatic N) is 2. The second-order valence-electron chi connectivity index (χ2n) is 4.08. The van der Waals surface area contributed by atoms with Gasteiger partial charge in [-0.15, -0.1) is 0 Å². The maximum absolute atomic E-state index is 13.7. The molecular formula is C13H16FN3O. The van der Waals surface area contributed by atoms with Crippen LogP contribution in [0.3, 0.4) is 0 Å². The van der Waals surface area contributed by atoms with Crippen LogP contribution in [0.1, 0.15) is 11.4 Å². The highest BCUT2D eigenvalue weighted by Crippen LogP contribution is 2.26. The summed E-state index contributed by atoms with van der Waals surface area (Å²) in [6, 6.07) is 4.79. The van der Waals surface area contributed by atoms with Crippen molar-refractivity contribution in [2.75, 3.05) is 7.11 Å². The number of methoxy groups -OCH3 is 1. The summed E-state index contributed by atoms with van der Waals surface area (Å²) >= 11 is 0. The number of halogens is 1. The molecule has 0 radical (unpaired) electrons. The smallest absolute Gasteiger partial charge is 0.165 e. The third kappa shape index (κ3) is 1.97. The molecule has 2 rings (SSSR count). The third-order valence-electron chi connectivity index (χ3n) is 3.08. The highest BCUT2D eigenvalue weighted by molar-refractivity contribution is 5.58. The number of benzene rings is 1. The van der Waals surface area contributed by atoms with E-state index in [1.54, 1.807) is 12.1 Å². The van der Waals surface area contributed by atoms with Crippen LogP contribution in [0.5, 0.6) is 5.75 Å². The Bertz CT molecular complexity index is 578. The van der Waals surface area contributed by atoms with E-state index in [0.29, 0.717) is 17.9 Å². The molecule has 1 heterocycles. The van der Waals surface area contributed by atoms with Gasteiger partial charge in [0.25, 0.3) is 0 Å². The predicted octanol–water partition coefficient (Wildman–Crippen LogP) is 2.00. The Morgan fingerprint density at radius 2 is 2.17 bits per heavy atom. The van der Waals surface area contributed by atoms with Gasteiger partial charge in [0.2, 0.25) is 0 Å². The standard InChI is InChI=1S/C13H16FN3O/c1-8-11(7-15)16-13(17(8)2)9-4-5-12(18-3)10(14)6-9/h4-6H,7,15H2,1-3H3. The largest absolute Gasteiger partial charge is 0.494 e. The lowest BCUT2D eigenvalue weighted by Crippen LogP contribution is -1.99. The Hall–Kier alpha value is -1.88. The summed E-state index contributed by atoms with van der Waals surface area (Å²) in [5.74, 6) is 0.531. The zero-order valence-corrected chi connectivity index (χ0v) is 10.7. The summed E-state index contributed by atoms with van der Waals surface area (Å²) in [6.45, 7) is 2.32. The van der Waals surface area contributed by atoms with E-state index in [1.807, 2.05) is 18.5 Å². The van der Waals surface area contributed by atoms with Crippen LogP contribution in [0, 0.1) is 12.7 Å². The van der Waals surface area contributed by atoms with Crippen LogP contribution in [0.2, 0.25) is 0 Å². The fraction of sp³-hybridized carbons (Fsp3) is 0.308. The molecule has 0 fully saturated rings. The van der Waals surface area contributed by atoms with Gasteiger partial charge in [0.1, 0.15) is 5.82 Å². The van der Waals surface area contributed by atoms with Gasteiger partial charge in [-0.2, -0.15) is 0 Å². The van der Waals surface area contributed by atoms with Crippen LogP contribution < -0.4 is 10.5 Å². The first kappa shape index (κ1) is 12.6. The summed E-state index contributed by atoms with van der Waals surface area (Å²) in [6.07, 6.45) is 0. The molecule has 0 amide bonds. The lowest BCUT2D eigenvalue weighted by atomic mass is 10.2. The van der Waals surface area contributed by atoms with E-state index in [2.05, 4.69) is 4.98 Å². The summed E-state index contributed by atoms with van der Waals surface area (Å²) in [7, 11) is 3.33. The number of hydrogen-bond acceptors (Lipinski definition) is 3. The van der Waals surface area contributed by atoms with Crippen LogP contribution in [0.4, 0.5) is 4.39 Å². The SMILES string of the molecule is COc1ccc(-c2nc(CN)c(C)n2C)cc1F. The van der Waals surface area contributed by atoms with E-state index >= 15 is 0 Å². The number of imidazole rings is 1. The molecule has 0 aliphatic heterocycles. The van der Waals surface area contributed by atoms with Crippen molar-refractivity contribution in [2.24, 2.45) is 12.8 Å². The molecule has 4 nitrogen and oxygen atoms in total.